The van der Waals surface area contributed by atoms with Crippen LogP contribution in [-0.4, -0.2) is 62.7 Å². The average molecular weight is 569 g/mol. The highest BCUT2D eigenvalue weighted by Gasteiger charge is 2.44. The maximum absolute atomic E-state index is 14.1. The fraction of sp³-hybridized carbons (Fsp3) is 0.677. The zero-order valence-electron chi connectivity index (χ0n) is 23.9. The standard InChI is InChI=1S/C31H45ClN6O2/c1-23(39)35-27-11-13-28(14-12-27)36-29(19-24-7-9-26(32)10-8-24)30(40)37-17-15-31(16-18-37,20-38-22-33-21-34-38)25-5-3-2-4-6-25/h7-10,21-22,25,27-29,36H,2-6,11-20H2,1H3,(H,35,39)/t27-,28-,29-/m1/s1. The summed E-state index contributed by atoms with van der Waals surface area (Å²) in [7, 11) is 0. The summed E-state index contributed by atoms with van der Waals surface area (Å²) in [6, 6.07) is 8.09. The van der Waals surface area contributed by atoms with E-state index in [1.807, 2.05) is 35.3 Å². The first-order valence-corrected chi connectivity index (χ1v) is 15.7. The van der Waals surface area contributed by atoms with Crippen molar-refractivity contribution < 1.29 is 9.59 Å². The first-order valence-electron chi connectivity index (χ1n) is 15.3. The van der Waals surface area contributed by atoms with Crippen LogP contribution in [0.25, 0.3) is 0 Å². The number of rotatable bonds is 9. The molecule has 2 heterocycles. The zero-order chi connectivity index (χ0) is 28.0. The first kappa shape index (κ1) is 29.1. The van der Waals surface area contributed by atoms with Crippen LogP contribution in [-0.2, 0) is 22.6 Å². The molecule has 2 amide bonds. The van der Waals surface area contributed by atoms with Gasteiger partial charge in [0.15, 0.2) is 0 Å². The van der Waals surface area contributed by atoms with Crippen molar-refractivity contribution in [2.75, 3.05) is 13.1 Å². The molecular weight excluding hydrogens is 524 g/mol. The van der Waals surface area contributed by atoms with Gasteiger partial charge in [-0.3, -0.25) is 14.3 Å². The Balaban J connectivity index is 1.26. The quantitative estimate of drug-likeness (QED) is 0.455. The number of benzene rings is 1. The highest BCUT2D eigenvalue weighted by molar-refractivity contribution is 6.30. The van der Waals surface area contributed by atoms with Crippen LogP contribution in [0.5, 0.6) is 0 Å². The van der Waals surface area contributed by atoms with Gasteiger partial charge in [0.2, 0.25) is 11.8 Å². The van der Waals surface area contributed by atoms with E-state index in [4.69, 9.17) is 11.6 Å². The number of nitrogens with one attached hydrogen (secondary N) is 2. The van der Waals surface area contributed by atoms with Gasteiger partial charge in [-0.1, -0.05) is 43.0 Å². The Morgan fingerprint density at radius 1 is 1.00 bits per heavy atom. The van der Waals surface area contributed by atoms with E-state index in [9.17, 15) is 9.59 Å². The molecule has 0 radical (unpaired) electrons. The number of hydrogen-bond donors (Lipinski definition) is 2. The van der Waals surface area contributed by atoms with Crippen LogP contribution >= 0.6 is 11.6 Å². The summed E-state index contributed by atoms with van der Waals surface area (Å²) < 4.78 is 2.01. The van der Waals surface area contributed by atoms with Gasteiger partial charge in [0.25, 0.3) is 0 Å². The summed E-state index contributed by atoms with van der Waals surface area (Å²) in [6.07, 6.45) is 16.5. The van der Waals surface area contributed by atoms with E-state index in [1.54, 1.807) is 13.3 Å². The molecule has 0 unspecified atom stereocenters. The number of carbonyl (C=O) groups excluding carboxylic acids is 2. The molecule has 1 atom stereocenters. The number of likely N-dealkylation sites (tertiary alicyclic amines) is 1. The summed E-state index contributed by atoms with van der Waals surface area (Å²) in [5, 5.41) is 12.0. The van der Waals surface area contributed by atoms with Crippen LogP contribution in [0.1, 0.15) is 83.1 Å². The van der Waals surface area contributed by atoms with Gasteiger partial charge in [0.1, 0.15) is 12.7 Å². The lowest BCUT2D eigenvalue weighted by Crippen LogP contribution is -2.56. The van der Waals surface area contributed by atoms with Crippen molar-refractivity contribution in [3.05, 3.63) is 47.5 Å². The Morgan fingerprint density at radius 2 is 1.68 bits per heavy atom. The Bertz CT molecular complexity index is 1090. The van der Waals surface area contributed by atoms with Gasteiger partial charge in [-0.05, 0) is 86.8 Å². The van der Waals surface area contributed by atoms with E-state index in [0.29, 0.717) is 17.4 Å². The topological polar surface area (TPSA) is 92.2 Å². The summed E-state index contributed by atoms with van der Waals surface area (Å²) in [5.41, 5.74) is 1.29. The Labute approximate surface area is 243 Å². The SMILES string of the molecule is CC(=O)N[C@H]1CC[C@H](N[C@H](Cc2ccc(Cl)cc2)C(=O)N2CCC(Cn3cncn3)(C3CCCCC3)CC2)CC1. The van der Waals surface area contributed by atoms with Crippen molar-refractivity contribution in [1.82, 2.24) is 30.3 Å². The van der Waals surface area contributed by atoms with E-state index >= 15 is 0 Å². The van der Waals surface area contributed by atoms with Crippen LogP contribution < -0.4 is 10.6 Å². The second-order valence-electron chi connectivity index (χ2n) is 12.4. The highest BCUT2D eigenvalue weighted by atomic mass is 35.5. The zero-order valence-corrected chi connectivity index (χ0v) is 24.6. The van der Waals surface area contributed by atoms with Crippen LogP contribution in [0.15, 0.2) is 36.9 Å². The number of nitrogens with zero attached hydrogens (tertiary/aromatic N) is 4. The number of piperidine rings is 1. The molecule has 5 rings (SSSR count). The predicted octanol–water partition coefficient (Wildman–Crippen LogP) is 4.77. The summed E-state index contributed by atoms with van der Waals surface area (Å²) >= 11 is 6.15. The maximum atomic E-state index is 14.1. The second kappa shape index (κ2) is 13.5. The minimum absolute atomic E-state index is 0.0328. The molecule has 40 heavy (non-hydrogen) atoms. The van der Waals surface area contributed by atoms with Gasteiger partial charge in [-0.15, -0.1) is 0 Å². The van der Waals surface area contributed by atoms with Gasteiger partial charge >= 0.3 is 0 Å². The van der Waals surface area contributed by atoms with Crippen LogP contribution in [0.3, 0.4) is 0 Å². The molecule has 3 aliphatic rings. The van der Waals surface area contributed by atoms with E-state index < -0.39 is 0 Å². The Hall–Kier alpha value is -2.45. The molecule has 2 saturated carbocycles. The molecule has 0 bridgehead atoms. The average Bonchev–Trinajstić information content (AvgIpc) is 3.48. The number of halogens is 1. The minimum Gasteiger partial charge on any atom is -0.354 e. The Kier molecular flexibility index (Phi) is 9.79. The monoisotopic (exact) mass is 568 g/mol. The molecule has 1 aromatic heterocycles. The maximum Gasteiger partial charge on any atom is 0.240 e. The third-order valence-corrected chi connectivity index (χ3v) is 9.96. The molecule has 3 fully saturated rings. The van der Waals surface area contributed by atoms with Crippen molar-refractivity contribution >= 4 is 23.4 Å². The van der Waals surface area contributed by atoms with Gasteiger partial charge in [0, 0.05) is 43.7 Å². The lowest BCUT2D eigenvalue weighted by atomic mass is 9.63. The van der Waals surface area contributed by atoms with Crippen molar-refractivity contribution in [1.29, 1.82) is 0 Å². The van der Waals surface area contributed by atoms with Crippen LogP contribution in [0, 0.1) is 11.3 Å². The molecule has 8 nitrogen and oxygen atoms in total. The van der Waals surface area contributed by atoms with E-state index in [1.165, 1.54) is 32.1 Å². The molecule has 1 aliphatic heterocycles. The highest BCUT2D eigenvalue weighted by Crippen LogP contribution is 2.47. The molecule has 2 N–H and O–H groups in total. The third-order valence-electron chi connectivity index (χ3n) is 9.71. The fourth-order valence-corrected chi connectivity index (χ4v) is 7.62. The smallest absolute Gasteiger partial charge is 0.240 e. The fourth-order valence-electron chi connectivity index (χ4n) is 7.49. The molecule has 1 saturated heterocycles. The predicted molar refractivity (Wildman–Crippen MR) is 157 cm³/mol. The van der Waals surface area contributed by atoms with E-state index in [2.05, 4.69) is 25.6 Å². The van der Waals surface area contributed by atoms with Crippen molar-refractivity contribution in [2.45, 2.75) is 109 Å². The summed E-state index contributed by atoms with van der Waals surface area (Å²) in [6.45, 7) is 4.05. The second-order valence-corrected chi connectivity index (χ2v) is 12.9. The van der Waals surface area contributed by atoms with Crippen LogP contribution in [0.4, 0.5) is 0 Å². The van der Waals surface area contributed by atoms with Gasteiger partial charge in [0.05, 0.1) is 6.04 Å². The number of aromatic nitrogens is 3. The number of hydrogen-bond acceptors (Lipinski definition) is 5. The molecular formula is C31H45ClN6O2. The lowest BCUT2D eigenvalue weighted by molar-refractivity contribution is -0.137. The summed E-state index contributed by atoms with van der Waals surface area (Å²) in [4.78, 5) is 31.9. The third kappa shape index (κ3) is 7.43. The first-order chi connectivity index (χ1) is 19.4. The largest absolute Gasteiger partial charge is 0.354 e. The number of carbonyl (C=O) groups is 2. The van der Waals surface area contributed by atoms with Crippen molar-refractivity contribution in [3.63, 3.8) is 0 Å². The molecule has 2 aromatic rings. The van der Waals surface area contributed by atoms with Gasteiger partial charge in [-0.2, -0.15) is 5.10 Å². The van der Waals surface area contributed by atoms with Crippen LogP contribution in [0.2, 0.25) is 5.02 Å². The lowest BCUT2D eigenvalue weighted by Gasteiger charge is -2.48. The van der Waals surface area contributed by atoms with Crippen molar-refractivity contribution in [2.24, 2.45) is 11.3 Å². The minimum atomic E-state index is -0.277. The molecule has 9 heteroatoms. The summed E-state index contributed by atoms with van der Waals surface area (Å²) in [5.74, 6) is 0.923. The Morgan fingerprint density at radius 3 is 2.30 bits per heavy atom. The molecule has 0 spiro atoms. The van der Waals surface area contributed by atoms with Gasteiger partial charge in [-0.25, -0.2) is 4.98 Å². The van der Waals surface area contributed by atoms with Crippen molar-refractivity contribution in [3.8, 4) is 0 Å². The molecule has 2 aliphatic carbocycles. The number of amides is 2. The molecule has 1 aromatic carbocycles. The molecule has 218 valence electrons. The van der Waals surface area contributed by atoms with E-state index in [-0.39, 0.29) is 35.4 Å². The van der Waals surface area contributed by atoms with Gasteiger partial charge < -0.3 is 15.5 Å². The van der Waals surface area contributed by atoms with E-state index in [0.717, 1.165) is 63.7 Å². The normalized spacial score (nSPS) is 24.4.